The van der Waals surface area contributed by atoms with Crippen LogP contribution in [0, 0.1) is 0 Å². The molecule has 0 saturated carbocycles. The number of para-hydroxylation sites is 1. The van der Waals surface area contributed by atoms with Crippen LogP contribution < -0.4 is 10.9 Å². The van der Waals surface area contributed by atoms with Crippen LogP contribution in [0.4, 0.5) is 0 Å². The maximum absolute atomic E-state index is 12.4. The first-order valence-electron chi connectivity index (χ1n) is 8.29. The molecular formula is C20H17N3O2S. The molecule has 0 saturated heterocycles. The molecule has 0 fully saturated rings. The Labute approximate surface area is 153 Å². The maximum atomic E-state index is 12.4. The van der Waals surface area contributed by atoms with Crippen LogP contribution in [0.5, 0.6) is 0 Å². The zero-order valence-electron chi connectivity index (χ0n) is 13.9. The molecule has 1 aromatic carbocycles. The number of thiophene rings is 1. The molecule has 0 aliphatic rings. The molecule has 130 valence electrons. The first kappa shape index (κ1) is 16.4. The molecule has 4 rings (SSSR count). The number of hydrogen-bond acceptors (Lipinski definition) is 3. The number of carbonyl (C=O) groups excluding carboxylic acids is 1. The van der Waals surface area contributed by atoms with Crippen LogP contribution in [0.15, 0.2) is 71.1 Å². The third kappa shape index (κ3) is 3.07. The maximum Gasteiger partial charge on any atom is 0.260 e. The summed E-state index contributed by atoms with van der Waals surface area (Å²) >= 11 is 1.66. The topological polar surface area (TPSA) is 77.8 Å². The number of nitrogens with one attached hydrogen (secondary N) is 3. The van der Waals surface area contributed by atoms with Crippen molar-refractivity contribution in [1.29, 1.82) is 0 Å². The minimum Gasteiger partial charge on any atom is -0.361 e. The molecule has 3 aromatic heterocycles. The van der Waals surface area contributed by atoms with Crippen molar-refractivity contribution < 1.29 is 4.79 Å². The number of H-pyrrole nitrogens is 2. The van der Waals surface area contributed by atoms with Gasteiger partial charge >= 0.3 is 0 Å². The summed E-state index contributed by atoms with van der Waals surface area (Å²) in [5.41, 5.74) is 1.93. The standard InChI is InChI=1S/C20H17N3O2S/c24-19-14(6-3-9-21-19)20(25)23-12-16(18-8-4-10-26-18)15-11-22-17-7-2-1-5-13(15)17/h1-11,16,22H,12H2,(H,21,24)(H,23,25). The van der Waals surface area contributed by atoms with Crippen LogP contribution >= 0.6 is 11.3 Å². The minimum atomic E-state index is -0.384. The number of pyridine rings is 1. The van der Waals surface area contributed by atoms with Crippen LogP contribution in [0.25, 0.3) is 10.9 Å². The van der Waals surface area contributed by atoms with Crippen molar-refractivity contribution in [3.63, 3.8) is 0 Å². The third-order valence-corrected chi connectivity index (χ3v) is 5.40. The van der Waals surface area contributed by atoms with Crippen LogP contribution in [-0.4, -0.2) is 22.4 Å². The Hall–Kier alpha value is -3.12. The second kappa shape index (κ2) is 7.01. The van der Waals surface area contributed by atoms with Crippen LogP contribution in [0.3, 0.4) is 0 Å². The molecule has 26 heavy (non-hydrogen) atoms. The van der Waals surface area contributed by atoms with Crippen LogP contribution in [0.1, 0.15) is 26.7 Å². The van der Waals surface area contributed by atoms with E-state index in [0.29, 0.717) is 6.54 Å². The van der Waals surface area contributed by atoms with Crippen LogP contribution in [0.2, 0.25) is 0 Å². The second-order valence-electron chi connectivity index (χ2n) is 5.98. The van der Waals surface area contributed by atoms with Gasteiger partial charge in [0.2, 0.25) is 0 Å². The van der Waals surface area contributed by atoms with Gasteiger partial charge in [-0.1, -0.05) is 24.3 Å². The molecular weight excluding hydrogens is 346 g/mol. The number of aromatic nitrogens is 2. The zero-order valence-corrected chi connectivity index (χ0v) is 14.7. The van der Waals surface area contributed by atoms with Crippen molar-refractivity contribution in [2.75, 3.05) is 6.54 Å². The van der Waals surface area contributed by atoms with Crippen molar-refractivity contribution >= 4 is 28.1 Å². The van der Waals surface area contributed by atoms with Gasteiger partial charge in [0, 0.05) is 40.6 Å². The van der Waals surface area contributed by atoms with Crippen molar-refractivity contribution in [3.8, 4) is 0 Å². The van der Waals surface area contributed by atoms with E-state index in [2.05, 4.69) is 27.4 Å². The summed E-state index contributed by atoms with van der Waals surface area (Å²) in [5.74, 6) is -0.355. The highest BCUT2D eigenvalue weighted by molar-refractivity contribution is 7.10. The second-order valence-corrected chi connectivity index (χ2v) is 6.96. The van der Waals surface area contributed by atoms with Gasteiger partial charge in [-0.05, 0) is 35.2 Å². The predicted octanol–water partition coefficient (Wildman–Crippen LogP) is 3.48. The number of amides is 1. The first-order valence-corrected chi connectivity index (χ1v) is 9.17. The van der Waals surface area contributed by atoms with Gasteiger partial charge in [-0.3, -0.25) is 9.59 Å². The fraction of sp³-hybridized carbons (Fsp3) is 0.100. The largest absolute Gasteiger partial charge is 0.361 e. The molecule has 4 aromatic rings. The van der Waals surface area contributed by atoms with E-state index in [4.69, 9.17) is 0 Å². The average molecular weight is 363 g/mol. The smallest absolute Gasteiger partial charge is 0.260 e. The lowest BCUT2D eigenvalue weighted by atomic mass is 9.96. The predicted molar refractivity (Wildman–Crippen MR) is 104 cm³/mol. The number of aromatic amines is 2. The van der Waals surface area contributed by atoms with E-state index in [-0.39, 0.29) is 22.9 Å². The summed E-state index contributed by atoms with van der Waals surface area (Å²) in [6, 6.07) is 15.4. The van der Waals surface area contributed by atoms with Gasteiger partial charge in [0.25, 0.3) is 11.5 Å². The Kier molecular flexibility index (Phi) is 4.41. The van der Waals surface area contributed by atoms with E-state index in [9.17, 15) is 9.59 Å². The summed E-state index contributed by atoms with van der Waals surface area (Å²) in [6.07, 6.45) is 3.51. The summed E-state index contributed by atoms with van der Waals surface area (Å²) in [4.78, 5) is 31.2. The number of hydrogen-bond donors (Lipinski definition) is 3. The van der Waals surface area contributed by atoms with Crippen molar-refractivity contribution in [1.82, 2.24) is 15.3 Å². The monoisotopic (exact) mass is 363 g/mol. The van der Waals surface area contributed by atoms with Crippen LogP contribution in [-0.2, 0) is 0 Å². The lowest BCUT2D eigenvalue weighted by molar-refractivity contribution is 0.0951. The van der Waals surface area contributed by atoms with E-state index < -0.39 is 0 Å². The molecule has 0 bridgehead atoms. The third-order valence-electron chi connectivity index (χ3n) is 4.41. The molecule has 6 heteroatoms. The summed E-state index contributed by atoms with van der Waals surface area (Å²) in [7, 11) is 0. The molecule has 5 nitrogen and oxygen atoms in total. The lowest BCUT2D eigenvalue weighted by Crippen LogP contribution is -2.32. The van der Waals surface area contributed by atoms with E-state index in [1.165, 1.54) is 12.3 Å². The van der Waals surface area contributed by atoms with Gasteiger partial charge in [-0.2, -0.15) is 0 Å². The highest BCUT2D eigenvalue weighted by atomic mass is 32.1. The number of rotatable bonds is 5. The zero-order chi connectivity index (χ0) is 17.9. The number of benzene rings is 1. The Morgan fingerprint density at radius 2 is 1.96 bits per heavy atom. The highest BCUT2D eigenvalue weighted by Gasteiger charge is 2.20. The quantitative estimate of drug-likeness (QED) is 0.508. The summed E-state index contributed by atoms with van der Waals surface area (Å²) in [5, 5.41) is 6.08. The molecule has 1 unspecified atom stereocenters. The van der Waals surface area contributed by atoms with Crippen molar-refractivity contribution in [2.45, 2.75) is 5.92 Å². The van der Waals surface area contributed by atoms with E-state index in [1.54, 1.807) is 17.4 Å². The minimum absolute atomic E-state index is 0.0119. The van der Waals surface area contributed by atoms with Crippen molar-refractivity contribution in [2.24, 2.45) is 0 Å². The first-order chi connectivity index (χ1) is 12.7. The molecule has 0 aliphatic carbocycles. The van der Waals surface area contributed by atoms with Gasteiger partial charge in [-0.15, -0.1) is 11.3 Å². The Bertz CT molecular complexity index is 1100. The fourth-order valence-corrected chi connectivity index (χ4v) is 3.97. The van der Waals surface area contributed by atoms with Gasteiger partial charge in [0.1, 0.15) is 5.56 Å². The molecule has 1 atom stereocenters. The van der Waals surface area contributed by atoms with Gasteiger partial charge in [0.05, 0.1) is 0 Å². The molecule has 0 spiro atoms. The Morgan fingerprint density at radius 3 is 2.77 bits per heavy atom. The number of fused-ring (bicyclic) bond motifs is 1. The van der Waals surface area contributed by atoms with Gasteiger partial charge < -0.3 is 15.3 Å². The van der Waals surface area contributed by atoms with Crippen molar-refractivity contribution in [3.05, 3.63) is 92.7 Å². The summed E-state index contributed by atoms with van der Waals surface area (Å²) < 4.78 is 0. The van der Waals surface area contributed by atoms with E-state index in [1.807, 2.05) is 35.8 Å². The Balaban J connectivity index is 1.64. The summed E-state index contributed by atoms with van der Waals surface area (Å²) in [6.45, 7) is 0.412. The SMILES string of the molecule is O=C(NCC(c1cccs1)c1c[nH]c2ccccc12)c1ccc[nH]c1=O. The fourth-order valence-electron chi connectivity index (χ4n) is 3.13. The van der Waals surface area contributed by atoms with E-state index in [0.717, 1.165) is 21.3 Å². The average Bonchev–Trinajstić information content (AvgIpc) is 3.33. The van der Waals surface area contributed by atoms with Gasteiger partial charge in [-0.25, -0.2) is 0 Å². The molecule has 0 aliphatic heterocycles. The highest BCUT2D eigenvalue weighted by Crippen LogP contribution is 2.32. The lowest BCUT2D eigenvalue weighted by Gasteiger charge is -2.16. The molecule has 3 heterocycles. The van der Waals surface area contributed by atoms with Gasteiger partial charge in [0.15, 0.2) is 0 Å². The number of carbonyl (C=O) groups is 1. The molecule has 1 amide bonds. The van der Waals surface area contributed by atoms with E-state index >= 15 is 0 Å². The normalized spacial score (nSPS) is 12.2. The molecule has 0 radical (unpaired) electrons. The molecule has 3 N–H and O–H groups in total. The Morgan fingerprint density at radius 1 is 1.08 bits per heavy atom.